The molecule has 3 rings (SSSR count). The highest BCUT2D eigenvalue weighted by atomic mass is 35.5. The number of hydrogen-bond donors (Lipinski definition) is 1. The Morgan fingerprint density at radius 2 is 2.04 bits per heavy atom. The lowest BCUT2D eigenvalue weighted by molar-refractivity contribution is -0.122. The van der Waals surface area contributed by atoms with Crippen LogP contribution in [-0.2, 0) is 14.8 Å². The molecule has 0 aliphatic carbocycles. The number of anilines is 2. The van der Waals surface area contributed by atoms with Crippen LogP contribution in [0.25, 0.3) is 0 Å². The molecule has 0 radical (unpaired) electrons. The molecule has 9 heteroatoms. The van der Waals surface area contributed by atoms with Crippen molar-refractivity contribution in [3.63, 3.8) is 0 Å². The molecule has 0 bridgehead atoms. The van der Waals surface area contributed by atoms with Crippen molar-refractivity contribution in [2.45, 2.75) is 19.4 Å². The van der Waals surface area contributed by atoms with Gasteiger partial charge >= 0.3 is 0 Å². The number of rotatable bonds is 4. The molecule has 0 aromatic heterocycles. The number of hydrogen-bond acceptors (Lipinski definition) is 5. The Balaban J connectivity index is 1.85. The van der Waals surface area contributed by atoms with Gasteiger partial charge in [-0.3, -0.25) is 9.10 Å². The lowest BCUT2D eigenvalue weighted by Crippen LogP contribution is -2.35. The first-order valence-corrected chi connectivity index (χ1v) is 10.8. The first-order chi connectivity index (χ1) is 13.2. The second kappa shape index (κ2) is 7.89. The highest BCUT2D eigenvalue weighted by Crippen LogP contribution is 2.35. The Morgan fingerprint density at radius 1 is 1.29 bits per heavy atom. The monoisotopic (exact) mass is 424 g/mol. The lowest BCUT2D eigenvalue weighted by atomic mass is 10.2. The first kappa shape index (κ1) is 20.3. The molecule has 2 aromatic carbocycles. The van der Waals surface area contributed by atoms with Crippen molar-refractivity contribution >= 4 is 38.9 Å². The van der Waals surface area contributed by atoms with E-state index in [0.717, 1.165) is 11.8 Å². The van der Waals surface area contributed by atoms with Gasteiger partial charge in [-0.05, 0) is 42.8 Å². The molecule has 0 unspecified atom stereocenters. The largest absolute Gasteiger partial charge is 0.495 e. The fraction of sp³-hybridized carbons (Fsp3) is 0.316. The Labute approximate surface area is 169 Å². The van der Waals surface area contributed by atoms with E-state index in [0.29, 0.717) is 27.9 Å². The zero-order valence-electron chi connectivity index (χ0n) is 15.7. The second-order valence-corrected chi connectivity index (χ2v) is 8.85. The summed E-state index contributed by atoms with van der Waals surface area (Å²) in [7, 11) is -2.00. The predicted molar refractivity (Wildman–Crippen MR) is 109 cm³/mol. The summed E-state index contributed by atoms with van der Waals surface area (Å²) >= 11 is 6.10. The zero-order valence-corrected chi connectivity index (χ0v) is 17.3. The number of aryl methyl sites for hydroxylation is 1. The number of nitrogens with one attached hydrogen (secondary N) is 1. The van der Waals surface area contributed by atoms with Gasteiger partial charge in [-0.2, -0.15) is 0 Å². The maximum Gasteiger partial charge on any atom is 0.265 e. The summed E-state index contributed by atoms with van der Waals surface area (Å²) in [6.07, 6.45) is 0.490. The standard InChI is InChI=1S/C19H21ClN2O5S/c1-12-4-6-17-15(10-12)22(28(3,24)25)9-8-18(27-17)19(23)21-13-5-7-16(26-2)14(20)11-13/h4-7,10-11,18H,8-9H2,1-3H3,(H,21,23)/t18-/m0/s1. The number of halogens is 1. The van der Waals surface area contributed by atoms with Crippen LogP contribution in [-0.4, -0.2) is 40.3 Å². The normalized spacial score (nSPS) is 16.6. The molecule has 2 aromatic rings. The molecular weight excluding hydrogens is 404 g/mol. The summed E-state index contributed by atoms with van der Waals surface area (Å²) in [6, 6.07) is 10.1. The number of amides is 1. The molecule has 0 saturated carbocycles. The molecule has 0 saturated heterocycles. The third kappa shape index (κ3) is 4.34. The van der Waals surface area contributed by atoms with Gasteiger partial charge in [0.05, 0.1) is 24.1 Å². The molecule has 1 aliphatic rings. The molecule has 1 N–H and O–H groups in total. The Bertz CT molecular complexity index is 1010. The number of methoxy groups -OCH3 is 1. The molecule has 0 spiro atoms. The van der Waals surface area contributed by atoms with E-state index in [1.165, 1.54) is 11.4 Å². The van der Waals surface area contributed by atoms with E-state index in [2.05, 4.69) is 5.32 Å². The van der Waals surface area contributed by atoms with Crippen LogP contribution in [0.5, 0.6) is 11.5 Å². The summed E-state index contributed by atoms with van der Waals surface area (Å²) in [4.78, 5) is 12.7. The van der Waals surface area contributed by atoms with Crippen LogP contribution in [0.4, 0.5) is 11.4 Å². The Morgan fingerprint density at radius 3 is 2.68 bits per heavy atom. The van der Waals surface area contributed by atoms with Gasteiger partial charge < -0.3 is 14.8 Å². The third-order valence-corrected chi connectivity index (χ3v) is 5.83. The van der Waals surface area contributed by atoms with Crippen LogP contribution in [0, 0.1) is 6.92 Å². The van der Waals surface area contributed by atoms with Crippen molar-refractivity contribution in [1.29, 1.82) is 0 Å². The van der Waals surface area contributed by atoms with Crippen LogP contribution in [0.3, 0.4) is 0 Å². The van der Waals surface area contributed by atoms with Gasteiger partial charge in [0, 0.05) is 18.7 Å². The minimum Gasteiger partial charge on any atom is -0.495 e. The van der Waals surface area contributed by atoms with Gasteiger partial charge in [-0.25, -0.2) is 8.42 Å². The Kier molecular flexibility index (Phi) is 5.71. The van der Waals surface area contributed by atoms with E-state index in [1.807, 2.05) is 13.0 Å². The maximum atomic E-state index is 12.7. The molecular formula is C19H21ClN2O5S. The van der Waals surface area contributed by atoms with Crippen LogP contribution >= 0.6 is 11.6 Å². The van der Waals surface area contributed by atoms with Gasteiger partial charge in [0.15, 0.2) is 6.10 Å². The highest BCUT2D eigenvalue weighted by molar-refractivity contribution is 7.92. The summed E-state index contributed by atoms with van der Waals surface area (Å²) in [5.41, 5.74) is 1.82. The van der Waals surface area contributed by atoms with E-state index >= 15 is 0 Å². The molecule has 1 atom stereocenters. The van der Waals surface area contributed by atoms with Gasteiger partial charge in [0.2, 0.25) is 10.0 Å². The quantitative estimate of drug-likeness (QED) is 0.814. The second-order valence-electron chi connectivity index (χ2n) is 6.54. The van der Waals surface area contributed by atoms with E-state index in [-0.39, 0.29) is 18.9 Å². The summed E-state index contributed by atoms with van der Waals surface area (Å²) in [6.45, 7) is 2.00. The number of carbonyl (C=O) groups is 1. The van der Waals surface area contributed by atoms with Crippen molar-refractivity contribution in [3.8, 4) is 11.5 Å². The summed E-state index contributed by atoms with van der Waals surface area (Å²) in [5.74, 6) is 0.461. The van der Waals surface area contributed by atoms with Crippen molar-refractivity contribution in [1.82, 2.24) is 0 Å². The van der Waals surface area contributed by atoms with Crippen molar-refractivity contribution in [2.24, 2.45) is 0 Å². The van der Waals surface area contributed by atoms with Gasteiger partial charge in [-0.15, -0.1) is 0 Å². The smallest absolute Gasteiger partial charge is 0.265 e. The molecule has 28 heavy (non-hydrogen) atoms. The minimum atomic E-state index is -3.51. The SMILES string of the molecule is COc1ccc(NC(=O)[C@@H]2CCN(S(C)(=O)=O)c3cc(C)ccc3O2)cc1Cl. The van der Waals surface area contributed by atoms with E-state index in [9.17, 15) is 13.2 Å². The summed E-state index contributed by atoms with van der Waals surface area (Å²) < 4.78 is 36.7. The molecule has 0 fully saturated rings. The van der Waals surface area contributed by atoms with Crippen LogP contribution < -0.4 is 19.1 Å². The molecule has 7 nitrogen and oxygen atoms in total. The highest BCUT2D eigenvalue weighted by Gasteiger charge is 2.31. The van der Waals surface area contributed by atoms with Crippen molar-refractivity contribution in [3.05, 3.63) is 47.0 Å². The van der Waals surface area contributed by atoms with Crippen LogP contribution in [0.2, 0.25) is 5.02 Å². The topological polar surface area (TPSA) is 84.9 Å². The van der Waals surface area contributed by atoms with Crippen LogP contribution in [0.15, 0.2) is 36.4 Å². The van der Waals surface area contributed by atoms with Gasteiger partial charge in [0.1, 0.15) is 11.5 Å². The minimum absolute atomic E-state index is 0.136. The zero-order chi connectivity index (χ0) is 20.5. The van der Waals surface area contributed by atoms with Gasteiger partial charge in [0.25, 0.3) is 5.91 Å². The number of nitrogens with zero attached hydrogens (tertiary/aromatic N) is 1. The average Bonchev–Trinajstić information content (AvgIpc) is 2.81. The van der Waals surface area contributed by atoms with E-state index < -0.39 is 16.1 Å². The number of ether oxygens (including phenoxy) is 2. The van der Waals surface area contributed by atoms with E-state index in [1.54, 1.807) is 30.3 Å². The fourth-order valence-electron chi connectivity index (χ4n) is 2.99. The number of benzene rings is 2. The lowest BCUT2D eigenvalue weighted by Gasteiger charge is -2.21. The van der Waals surface area contributed by atoms with Crippen molar-refractivity contribution < 1.29 is 22.7 Å². The first-order valence-electron chi connectivity index (χ1n) is 8.58. The molecule has 150 valence electrons. The molecule has 1 aliphatic heterocycles. The number of fused-ring (bicyclic) bond motifs is 1. The maximum absolute atomic E-state index is 12.7. The average molecular weight is 425 g/mol. The predicted octanol–water partition coefficient (Wildman–Crippen LogP) is 3.21. The van der Waals surface area contributed by atoms with Gasteiger partial charge in [-0.1, -0.05) is 17.7 Å². The van der Waals surface area contributed by atoms with E-state index in [4.69, 9.17) is 21.1 Å². The Hall–Kier alpha value is -2.45. The third-order valence-electron chi connectivity index (χ3n) is 4.36. The van der Waals surface area contributed by atoms with Crippen LogP contribution in [0.1, 0.15) is 12.0 Å². The molecule has 1 heterocycles. The number of carbonyl (C=O) groups excluding carboxylic acids is 1. The van der Waals surface area contributed by atoms with Crippen molar-refractivity contribution in [2.75, 3.05) is 29.5 Å². The molecule has 1 amide bonds. The number of sulfonamides is 1. The fourth-order valence-corrected chi connectivity index (χ4v) is 4.18. The summed E-state index contributed by atoms with van der Waals surface area (Å²) in [5, 5.41) is 3.12.